The fraction of sp³-hybridized carbons (Fsp3) is 1.00. The molecule has 0 radical (unpaired) electrons. The minimum absolute atomic E-state index is 0. The van der Waals surface area contributed by atoms with Gasteiger partial charge < -0.3 is 66.3 Å². The molecule has 0 aromatic carbocycles. The summed E-state index contributed by atoms with van der Waals surface area (Å²) >= 11 is 0. The maximum atomic E-state index is 5.56. The second-order valence-electron chi connectivity index (χ2n) is 15.1. The summed E-state index contributed by atoms with van der Waals surface area (Å²) in [4.78, 5) is 0. The van der Waals surface area contributed by atoms with Crippen molar-refractivity contribution in [3.63, 3.8) is 0 Å². The predicted molar refractivity (Wildman–Crippen MR) is 200 cm³/mol. The summed E-state index contributed by atoms with van der Waals surface area (Å²) in [5.74, 6) is 0.622. The zero-order valence-corrected chi connectivity index (χ0v) is 30.7. The molecule has 8 fully saturated rings. The topological polar surface area (TPSA) is 156 Å². The van der Waals surface area contributed by atoms with Gasteiger partial charge in [0, 0.05) is 18.6 Å². The van der Waals surface area contributed by atoms with Gasteiger partial charge in [-0.1, -0.05) is 43.1 Å². The van der Waals surface area contributed by atoms with Gasteiger partial charge in [0.25, 0.3) is 0 Å². The molecule has 14 nitrogen and oxygen atoms in total. The van der Waals surface area contributed by atoms with Crippen molar-refractivity contribution in [1.29, 1.82) is 0 Å². The maximum Gasteiger partial charge on any atom is 0.104 e. The summed E-state index contributed by atoms with van der Waals surface area (Å²) in [5, 5.41) is 0. The van der Waals surface area contributed by atoms with Crippen LogP contribution in [0.3, 0.4) is 0 Å². The maximum absolute atomic E-state index is 5.56. The lowest BCUT2D eigenvalue weighted by atomic mass is 9.96. The molecule has 8 aliphatic rings. The largest absolute Gasteiger partial charge is 0.379 e. The number of hydrogen-bond donors (Lipinski definition) is 0. The molecule has 0 aromatic rings. The Morgan fingerprint density at radius 1 is 0.453 bits per heavy atom. The lowest BCUT2D eigenvalue weighted by Crippen LogP contribution is -2.27. The first-order chi connectivity index (χ1) is 24.4. The van der Waals surface area contributed by atoms with Crippen molar-refractivity contribution >= 4 is 0 Å². The third-order valence-corrected chi connectivity index (χ3v) is 8.28. The van der Waals surface area contributed by atoms with Gasteiger partial charge in [-0.25, -0.2) is 0 Å². The highest BCUT2D eigenvalue weighted by Crippen LogP contribution is 2.21. The molecule has 0 amide bonds. The molecule has 53 heavy (non-hydrogen) atoms. The Hall–Kier alpha value is -0.560. The van der Waals surface area contributed by atoms with Crippen LogP contribution in [0.4, 0.5) is 0 Å². The monoisotopic (exact) mass is 769 g/mol. The Kier molecular flexibility index (Phi) is 24.9. The molecule has 9 atom stereocenters. The quantitative estimate of drug-likeness (QED) is 0.0874. The Balaban J connectivity index is 0.000000241. The SMILES string of the molecule is C.C.C.C(COCC1CO1)CC1CO1.C(COCC1CO1)OCC1CO1.CC(C)(COCC1CO1)COCC1CO1.CC(COCC1CO1)CC1CO1. The lowest BCUT2D eigenvalue weighted by Gasteiger charge is -2.23. The van der Waals surface area contributed by atoms with Crippen molar-refractivity contribution in [3.8, 4) is 0 Å². The van der Waals surface area contributed by atoms with Gasteiger partial charge in [-0.15, -0.1) is 0 Å². The van der Waals surface area contributed by atoms with Crippen LogP contribution in [0.5, 0.6) is 0 Å². The van der Waals surface area contributed by atoms with Gasteiger partial charge >= 0.3 is 0 Å². The molecule has 8 rings (SSSR count). The van der Waals surface area contributed by atoms with Crippen LogP contribution in [0.2, 0.25) is 0 Å². The summed E-state index contributed by atoms with van der Waals surface area (Å²) in [7, 11) is 0. The minimum Gasteiger partial charge on any atom is -0.379 e. The molecule has 0 aromatic heterocycles. The van der Waals surface area contributed by atoms with Crippen LogP contribution in [0.25, 0.3) is 0 Å². The molecule has 14 heteroatoms. The first-order valence-electron chi connectivity index (χ1n) is 18.8. The van der Waals surface area contributed by atoms with Crippen molar-refractivity contribution in [1.82, 2.24) is 0 Å². The van der Waals surface area contributed by atoms with Crippen LogP contribution < -0.4 is 0 Å². The predicted octanol–water partition coefficient (Wildman–Crippen LogP) is 3.98. The van der Waals surface area contributed by atoms with Crippen LogP contribution in [0.1, 0.15) is 62.3 Å². The van der Waals surface area contributed by atoms with Crippen molar-refractivity contribution in [2.24, 2.45) is 11.3 Å². The Morgan fingerprint density at radius 2 is 0.774 bits per heavy atom. The van der Waals surface area contributed by atoms with Gasteiger partial charge in [0.05, 0.1) is 131 Å². The van der Waals surface area contributed by atoms with E-state index in [0.717, 1.165) is 125 Å². The van der Waals surface area contributed by atoms with Gasteiger partial charge in [-0.05, 0) is 25.2 Å². The Bertz CT molecular complexity index is 816. The highest BCUT2D eigenvalue weighted by atomic mass is 16.6. The fourth-order valence-electron chi connectivity index (χ4n) is 4.49. The third-order valence-electron chi connectivity index (χ3n) is 8.28. The molecule has 0 saturated carbocycles. The van der Waals surface area contributed by atoms with E-state index in [1.165, 1.54) is 0 Å². The van der Waals surface area contributed by atoms with Crippen molar-refractivity contribution < 1.29 is 66.3 Å². The first kappa shape index (κ1) is 48.6. The van der Waals surface area contributed by atoms with Crippen molar-refractivity contribution in [3.05, 3.63) is 0 Å². The third kappa shape index (κ3) is 30.3. The van der Waals surface area contributed by atoms with E-state index in [1.54, 1.807) is 0 Å². The van der Waals surface area contributed by atoms with E-state index in [9.17, 15) is 0 Å². The molecular weight excluding hydrogens is 692 g/mol. The number of hydrogen-bond acceptors (Lipinski definition) is 14. The zero-order valence-electron chi connectivity index (χ0n) is 30.7. The summed E-state index contributed by atoms with van der Waals surface area (Å²) in [5.41, 5.74) is 0.0732. The highest BCUT2D eigenvalue weighted by molar-refractivity contribution is 4.74. The summed E-state index contributed by atoms with van der Waals surface area (Å²) < 4.78 is 72.8. The highest BCUT2D eigenvalue weighted by Gasteiger charge is 2.29. The zero-order chi connectivity index (χ0) is 34.9. The molecule has 9 unspecified atom stereocenters. The van der Waals surface area contributed by atoms with Gasteiger partial charge in [0.15, 0.2) is 0 Å². The smallest absolute Gasteiger partial charge is 0.104 e. The molecule has 8 saturated heterocycles. The van der Waals surface area contributed by atoms with E-state index in [-0.39, 0.29) is 27.7 Å². The standard InChI is InChI=1S/C11H20O4.C9H16O3.C8H14O4.C8H14O3.3CH4/c1-11(2,7-12-3-9-5-14-9)8-13-4-10-6-15-10;1-7(2-8-5-11-8)3-10-4-9-6-12-9;1(9-3-7-5-11-7)2-10-4-8-6-12-8;1(2-7-5-10-7)3-9-4-8-6-11-8;;;/h9-10H,3-8H2,1-2H3;7-9H,2-6H2,1H3;7-8H,1-6H2;7-8H,1-6H2;3*1H4. The molecule has 316 valence electrons. The second-order valence-corrected chi connectivity index (χ2v) is 15.1. The van der Waals surface area contributed by atoms with Gasteiger partial charge in [-0.3, -0.25) is 0 Å². The normalized spacial score (nSPS) is 30.4. The minimum atomic E-state index is 0. The van der Waals surface area contributed by atoms with Crippen LogP contribution in [0.15, 0.2) is 0 Å². The van der Waals surface area contributed by atoms with E-state index >= 15 is 0 Å². The molecule has 0 aliphatic carbocycles. The Labute approximate surface area is 320 Å². The van der Waals surface area contributed by atoms with Crippen molar-refractivity contribution in [2.45, 2.75) is 111 Å². The van der Waals surface area contributed by atoms with E-state index in [0.29, 0.717) is 81.2 Å². The van der Waals surface area contributed by atoms with Crippen molar-refractivity contribution in [2.75, 3.05) is 132 Å². The van der Waals surface area contributed by atoms with Gasteiger partial charge in [0.2, 0.25) is 0 Å². The number of epoxide rings is 8. The molecular formula is C39H76O14. The molecule has 8 heterocycles. The van der Waals surface area contributed by atoms with E-state index < -0.39 is 0 Å². The number of ether oxygens (including phenoxy) is 14. The van der Waals surface area contributed by atoms with Crippen LogP contribution >= 0.6 is 0 Å². The molecule has 0 N–H and O–H groups in total. The number of rotatable bonds is 27. The first-order valence-corrected chi connectivity index (χ1v) is 18.8. The van der Waals surface area contributed by atoms with E-state index in [2.05, 4.69) is 20.8 Å². The second kappa shape index (κ2) is 27.1. The average Bonchev–Trinajstić information content (AvgIpc) is 3.86. The van der Waals surface area contributed by atoms with Crippen LogP contribution in [-0.4, -0.2) is 181 Å². The molecule has 0 spiro atoms. The van der Waals surface area contributed by atoms with Gasteiger partial charge in [0.1, 0.15) is 36.6 Å². The fourth-order valence-corrected chi connectivity index (χ4v) is 4.49. The Morgan fingerprint density at radius 3 is 1.13 bits per heavy atom. The summed E-state index contributed by atoms with van der Waals surface area (Å²) in [6, 6.07) is 0. The summed E-state index contributed by atoms with van der Waals surface area (Å²) in [6.07, 6.45) is 6.73. The lowest BCUT2D eigenvalue weighted by molar-refractivity contribution is -0.0101. The molecule has 8 aliphatic heterocycles. The van der Waals surface area contributed by atoms with E-state index in [1.807, 2.05) is 0 Å². The van der Waals surface area contributed by atoms with Gasteiger partial charge in [-0.2, -0.15) is 0 Å². The molecule has 0 bridgehead atoms. The average molecular weight is 769 g/mol. The van der Waals surface area contributed by atoms with E-state index in [4.69, 9.17) is 66.3 Å². The van der Waals surface area contributed by atoms with Crippen LogP contribution in [0, 0.1) is 11.3 Å². The summed E-state index contributed by atoms with van der Waals surface area (Å²) in [6.45, 7) is 22.5. The van der Waals surface area contributed by atoms with Crippen LogP contribution in [-0.2, 0) is 66.3 Å².